The van der Waals surface area contributed by atoms with E-state index in [1.807, 2.05) is 24.5 Å². The second-order valence-electron chi connectivity index (χ2n) is 7.89. The van der Waals surface area contributed by atoms with Gasteiger partial charge in [-0.25, -0.2) is 14.8 Å². The molecule has 1 spiro atoms. The van der Waals surface area contributed by atoms with Crippen LogP contribution in [-0.4, -0.2) is 78.7 Å². The van der Waals surface area contributed by atoms with Crippen molar-refractivity contribution in [1.82, 2.24) is 15.0 Å². The first-order valence-electron chi connectivity index (χ1n) is 10.4. The number of carboxylic acids is 1. The zero-order valence-electron chi connectivity index (χ0n) is 18.2. The van der Waals surface area contributed by atoms with Crippen molar-refractivity contribution in [1.29, 1.82) is 0 Å². The maximum absolute atomic E-state index is 10.6. The molecule has 4 rings (SSSR count). The van der Waals surface area contributed by atoms with Crippen LogP contribution >= 0.6 is 0 Å². The maximum Gasteiger partial charge on any atom is 0.490 e. The summed E-state index contributed by atoms with van der Waals surface area (Å²) < 4.78 is 43.0. The first kappa shape index (κ1) is 24.5. The Labute approximate surface area is 189 Å². The van der Waals surface area contributed by atoms with E-state index in [1.165, 1.54) is 5.69 Å². The Bertz CT molecular complexity index is 908. The molecule has 2 saturated heterocycles. The van der Waals surface area contributed by atoms with Gasteiger partial charge in [0.25, 0.3) is 0 Å². The summed E-state index contributed by atoms with van der Waals surface area (Å²) in [5, 5.41) is 7.12. The molecule has 1 N–H and O–H groups in total. The summed E-state index contributed by atoms with van der Waals surface area (Å²) in [5.41, 5.74) is 1.36. The quantitative estimate of drug-likeness (QED) is 0.727. The summed E-state index contributed by atoms with van der Waals surface area (Å²) in [4.78, 5) is 26.4. The van der Waals surface area contributed by atoms with Gasteiger partial charge in [0.15, 0.2) is 0 Å². The summed E-state index contributed by atoms with van der Waals surface area (Å²) in [6, 6.07) is 6.04. The van der Waals surface area contributed by atoms with Crippen LogP contribution < -0.4 is 14.5 Å². The molecule has 2 aromatic heterocycles. The largest absolute Gasteiger partial charge is 0.490 e. The highest BCUT2D eigenvalue weighted by atomic mass is 19.4. The van der Waals surface area contributed by atoms with Gasteiger partial charge in [0.1, 0.15) is 12.1 Å². The lowest BCUT2D eigenvalue weighted by Crippen LogP contribution is -2.47. The van der Waals surface area contributed by atoms with Crippen molar-refractivity contribution >= 4 is 17.5 Å². The molecule has 0 aliphatic carbocycles. The molecule has 2 aromatic rings. The standard InChI is InChI=1S/C19H25N5O2.C2HF3O2/c1-25-18-11-17(21-15-22-18)23-7-4-19(5-8-23)13-24(9-10-26-14-19)16-3-2-6-20-12-16;3-2(4,5)1(6)7/h2-3,6,11-12,15H,4-5,7-10,13-14H2,1H3;(H,6,7). The predicted octanol–water partition coefficient (Wildman–Crippen LogP) is 2.64. The van der Waals surface area contributed by atoms with Crippen molar-refractivity contribution in [3.05, 3.63) is 36.9 Å². The lowest BCUT2D eigenvalue weighted by molar-refractivity contribution is -0.192. The molecule has 0 atom stereocenters. The Morgan fingerprint density at radius 1 is 1.21 bits per heavy atom. The van der Waals surface area contributed by atoms with Gasteiger partial charge in [-0.1, -0.05) is 0 Å². The molecule has 0 saturated carbocycles. The average molecular weight is 469 g/mol. The van der Waals surface area contributed by atoms with Crippen molar-refractivity contribution in [3.63, 3.8) is 0 Å². The van der Waals surface area contributed by atoms with Gasteiger partial charge in [-0.15, -0.1) is 0 Å². The van der Waals surface area contributed by atoms with E-state index in [1.54, 1.807) is 13.4 Å². The molecular formula is C21H26F3N5O4. The molecule has 0 radical (unpaired) electrons. The van der Waals surface area contributed by atoms with Crippen molar-refractivity contribution in [2.45, 2.75) is 19.0 Å². The normalized spacial score (nSPS) is 18.2. The molecule has 0 aromatic carbocycles. The summed E-state index contributed by atoms with van der Waals surface area (Å²) in [6.45, 7) is 5.45. The van der Waals surface area contributed by atoms with E-state index in [0.717, 1.165) is 58.1 Å². The van der Waals surface area contributed by atoms with Crippen molar-refractivity contribution < 1.29 is 32.5 Å². The number of halogens is 3. The maximum atomic E-state index is 10.6. The second kappa shape index (κ2) is 10.6. The van der Waals surface area contributed by atoms with Gasteiger partial charge in [0.05, 0.1) is 32.2 Å². The van der Waals surface area contributed by atoms with Crippen molar-refractivity contribution in [2.24, 2.45) is 5.41 Å². The van der Waals surface area contributed by atoms with E-state index in [9.17, 15) is 13.2 Å². The topological polar surface area (TPSA) is 101 Å². The van der Waals surface area contributed by atoms with Crippen LogP contribution in [0.5, 0.6) is 5.88 Å². The number of hydrogen-bond donors (Lipinski definition) is 1. The predicted molar refractivity (Wildman–Crippen MR) is 113 cm³/mol. The van der Waals surface area contributed by atoms with Gasteiger partial charge >= 0.3 is 12.1 Å². The zero-order chi connectivity index (χ0) is 23.9. The number of rotatable bonds is 3. The molecular weight excluding hydrogens is 443 g/mol. The minimum Gasteiger partial charge on any atom is -0.481 e. The molecule has 0 bridgehead atoms. The number of nitrogens with zero attached hydrogens (tertiary/aromatic N) is 5. The van der Waals surface area contributed by atoms with Gasteiger partial charge in [-0.2, -0.15) is 13.2 Å². The Morgan fingerprint density at radius 3 is 2.55 bits per heavy atom. The first-order chi connectivity index (χ1) is 15.7. The summed E-state index contributed by atoms with van der Waals surface area (Å²) in [5.74, 6) is -1.21. The number of ether oxygens (including phenoxy) is 2. The fourth-order valence-corrected chi connectivity index (χ4v) is 3.88. The summed E-state index contributed by atoms with van der Waals surface area (Å²) in [6.07, 6.45) is 2.41. The van der Waals surface area contributed by atoms with E-state index in [-0.39, 0.29) is 5.41 Å². The van der Waals surface area contributed by atoms with Gasteiger partial charge in [-0.3, -0.25) is 4.98 Å². The zero-order valence-corrected chi connectivity index (χ0v) is 18.2. The smallest absolute Gasteiger partial charge is 0.481 e. The number of methoxy groups -OCH3 is 1. The number of aromatic nitrogens is 3. The monoisotopic (exact) mass is 469 g/mol. The van der Waals surface area contributed by atoms with Crippen LogP contribution in [0.2, 0.25) is 0 Å². The van der Waals surface area contributed by atoms with E-state index in [4.69, 9.17) is 19.4 Å². The number of anilines is 2. The molecule has 2 aliphatic heterocycles. The molecule has 2 fully saturated rings. The van der Waals surface area contributed by atoms with Crippen LogP contribution in [0.1, 0.15) is 12.8 Å². The number of hydrogen-bond acceptors (Lipinski definition) is 8. The Morgan fingerprint density at radius 2 is 1.94 bits per heavy atom. The van der Waals surface area contributed by atoms with Gasteiger partial charge in [0.2, 0.25) is 5.88 Å². The fourth-order valence-electron chi connectivity index (χ4n) is 3.88. The van der Waals surface area contributed by atoms with Gasteiger partial charge < -0.3 is 24.4 Å². The van der Waals surface area contributed by atoms with E-state index in [0.29, 0.717) is 5.88 Å². The van der Waals surface area contributed by atoms with E-state index < -0.39 is 12.1 Å². The molecule has 2 aliphatic rings. The third-order valence-corrected chi connectivity index (χ3v) is 5.68. The van der Waals surface area contributed by atoms with Gasteiger partial charge in [-0.05, 0) is 25.0 Å². The molecule has 12 heteroatoms. The number of alkyl halides is 3. The van der Waals surface area contributed by atoms with Crippen LogP contribution in [-0.2, 0) is 9.53 Å². The second-order valence-corrected chi connectivity index (χ2v) is 7.89. The SMILES string of the molecule is COc1cc(N2CCC3(CC2)COCCN(c2cccnc2)C3)ncn1.O=C(O)C(F)(F)F. The molecule has 0 amide bonds. The number of carbonyl (C=O) groups is 1. The number of pyridine rings is 1. The highest BCUT2D eigenvalue weighted by molar-refractivity contribution is 5.73. The third-order valence-electron chi connectivity index (χ3n) is 5.68. The van der Waals surface area contributed by atoms with Crippen LogP contribution in [0, 0.1) is 5.41 Å². The summed E-state index contributed by atoms with van der Waals surface area (Å²) in [7, 11) is 1.63. The number of carboxylic acid groups (broad SMARTS) is 1. The van der Waals surface area contributed by atoms with Crippen molar-refractivity contribution in [3.8, 4) is 5.88 Å². The Hall–Kier alpha value is -3.15. The molecule has 33 heavy (non-hydrogen) atoms. The summed E-state index contributed by atoms with van der Waals surface area (Å²) >= 11 is 0. The highest BCUT2D eigenvalue weighted by Gasteiger charge is 2.39. The van der Waals surface area contributed by atoms with Crippen LogP contribution in [0.3, 0.4) is 0 Å². The van der Waals surface area contributed by atoms with Crippen LogP contribution in [0.4, 0.5) is 24.7 Å². The molecule has 180 valence electrons. The van der Waals surface area contributed by atoms with Crippen LogP contribution in [0.25, 0.3) is 0 Å². The third kappa shape index (κ3) is 6.67. The first-order valence-corrected chi connectivity index (χ1v) is 10.4. The highest BCUT2D eigenvalue weighted by Crippen LogP contribution is 2.37. The minimum atomic E-state index is -5.08. The Kier molecular flexibility index (Phi) is 7.90. The molecule has 4 heterocycles. The van der Waals surface area contributed by atoms with E-state index in [2.05, 4.69) is 30.8 Å². The van der Waals surface area contributed by atoms with Crippen LogP contribution in [0.15, 0.2) is 36.9 Å². The lowest BCUT2D eigenvalue weighted by Gasteiger charge is -2.43. The van der Waals surface area contributed by atoms with Crippen molar-refractivity contribution in [2.75, 3.05) is 56.3 Å². The fraction of sp³-hybridized carbons (Fsp3) is 0.524. The molecule has 0 unspecified atom stereocenters. The number of piperidine rings is 1. The lowest BCUT2D eigenvalue weighted by atomic mass is 9.78. The molecule has 9 nitrogen and oxygen atoms in total. The average Bonchev–Trinajstić information content (AvgIpc) is 3.02. The van der Waals surface area contributed by atoms with Gasteiger partial charge in [0, 0.05) is 43.9 Å². The minimum absolute atomic E-state index is 0.181. The van der Waals surface area contributed by atoms with E-state index >= 15 is 0 Å². The Balaban J connectivity index is 0.000000383. The number of aliphatic carboxylic acids is 1.